The third kappa shape index (κ3) is 6.19. The first-order valence-corrected chi connectivity index (χ1v) is 10.3. The van der Waals surface area contributed by atoms with Crippen LogP contribution in [0.4, 0.5) is 0 Å². The Morgan fingerprint density at radius 3 is 2.29 bits per heavy atom. The number of nitrogens with one attached hydrogen (secondary N) is 2. The fraction of sp³-hybridized carbons (Fsp3) is 0.100. The SMILES string of the molecule is O=C(COc1ccc(Br)cc1)NC(=S)NCc1ccc(-c2ccc(Br)cc2)o1. The van der Waals surface area contributed by atoms with Gasteiger partial charge in [0.25, 0.3) is 5.91 Å². The first kappa shape index (κ1) is 20.6. The van der Waals surface area contributed by atoms with Gasteiger partial charge in [0.05, 0.1) is 6.54 Å². The van der Waals surface area contributed by atoms with Crippen molar-refractivity contribution in [1.29, 1.82) is 0 Å². The van der Waals surface area contributed by atoms with E-state index in [1.54, 1.807) is 12.1 Å². The number of thiocarbonyl (C=S) groups is 1. The quantitative estimate of drug-likeness (QED) is 0.443. The zero-order valence-electron chi connectivity index (χ0n) is 14.6. The summed E-state index contributed by atoms with van der Waals surface area (Å²) in [4.78, 5) is 11.9. The maximum Gasteiger partial charge on any atom is 0.264 e. The molecule has 0 bridgehead atoms. The summed E-state index contributed by atoms with van der Waals surface area (Å²) in [5.41, 5.74) is 0.982. The van der Waals surface area contributed by atoms with Gasteiger partial charge in [-0.05, 0) is 60.7 Å². The van der Waals surface area contributed by atoms with Crippen molar-refractivity contribution in [3.8, 4) is 17.1 Å². The molecule has 1 amide bonds. The number of halogens is 2. The molecule has 0 saturated carbocycles. The normalized spacial score (nSPS) is 10.4. The van der Waals surface area contributed by atoms with Crippen molar-refractivity contribution in [1.82, 2.24) is 10.6 Å². The summed E-state index contributed by atoms with van der Waals surface area (Å²) in [5.74, 6) is 1.74. The van der Waals surface area contributed by atoms with E-state index < -0.39 is 0 Å². The number of furan rings is 1. The van der Waals surface area contributed by atoms with Crippen molar-refractivity contribution < 1.29 is 13.9 Å². The van der Waals surface area contributed by atoms with Gasteiger partial charge in [-0.15, -0.1) is 0 Å². The van der Waals surface area contributed by atoms with Crippen LogP contribution in [-0.4, -0.2) is 17.6 Å². The fourth-order valence-electron chi connectivity index (χ4n) is 2.30. The summed E-state index contributed by atoms with van der Waals surface area (Å²) in [7, 11) is 0. The second-order valence-electron chi connectivity index (χ2n) is 5.75. The molecule has 1 aromatic heterocycles. The van der Waals surface area contributed by atoms with E-state index in [-0.39, 0.29) is 17.6 Å². The van der Waals surface area contributed by atoms with Gasteiger partial charge in [-0.3, -0.25) is 4.79 Å². The zero-order chi connectivity index (χ0) is 19.9. The summed E-state index contributed by atoms with van der Waals surface area (Å²) in [6.45, 7) is 0.237. The van der Waals surface area contributed by atoms with E-state index in [1.165, 1.54) is 0 Å². The highest BCUT2D eigenvalue weighted by molar-refractivity contribution is 9.10. The van der Waals surface area contributed by atoms with Crippen molar-refractivity contribution in [2.24, 2.45) is 0 Å². The molecule has 0 radical (unpaired) electrons. The van der Waals surface area contributed by atoms with Crippen LogP contribution in [0.1, 0.15) is 5.76 Å². The second kappa shape index (κ2) is 9.86. The van der Waals surface area contributed by atoms with Crippen molar-refractivity contribution in [2.75, 3.05) is 6.61 Å². The van der Waals surface area contributed by atoms with Crippen molar-refractivity contribution >= 4 is 55.1 Å². The summed E-state index contributed by atoms with van der Waals surface area (Å²) in [6, 6.07) is 18.8. The number of amides is 1. The van der Waals surface area contributed by atoms with Gasteiger partial charge in [-0.1, -0.05) is 44.0 Å². The van der Waals surface area contributed by atoms with Crippen LogP contribution in [0.25, 0.3) is 11.3 Å². The minimum absolute atomic E-state index is 0.127. The molecule has 0 saturated heterocycles. The second-order valence-corrected chi connectivity index (χ2v) is 7.99. The third-order valence-corrected chi connectivity index (χ3v) is 4.95. The lowest BCUT2D eigenvalue weighted by Gasteiger charge is -2.09. The highest BCUT2D eigenvalue weighted by atomic mass is 79.9. The van der Waals surface area contributed by atoms with E-state index >= 15 is 0 Å². The monoisotopic (exact) mass is 522 g/mol. The Morgan fingerprint density at radius 1 is 0.964 bits per heavy atom. The molecule has 3 aromatic rings. The minimum atomic E-state index is -0.338. The molecule has 0 unspecified atom stereocenters. The number of carbonyl (C=O) groups is 1. The molecule has 8 heteroatoms. The zero-order valence-corrected chi connectivity index (χ0v) is 18.6. The van der Waals surface area contributed by atoms with Crippen LogP contribution in [0.2, 0.25) is 0 Å². The van der Waals surface area contributed by atoms with Crippen molar-refractivity contribution in [3.63, 3.8) is 0 Å². The Kier molecular flexibility index (Phi) is 7.24. The van der Waals surface area contributed by atoms with Crippen LogP contribution in [-0.2, 0) is 11.3 Å². The Hall–Kier alpha value is -2.16. The molecule has 5 nitrogen and oxygen atoms in total. The van der Waals surface area contributed by atoms with Crippen LogP contribution in [0.3, 0.4) is 0 Å². The number of benzene rings is 2. The lowest BCUT2D eigenvalue weighted by molar-refractivity contribution is -0.121. The molecule has 0 atom stereocenters. The van der Waals surface area contributed by atoms with Crippen molar-refractivity contribution in [2.45, 2.75) is 6.54 Å². The summed E-state index contributed by atoms with van der Waals surface area (Å²) < 4.78 is 13.2. The van der Waals surface area contributed by atoms with Crippen molar-refractivity contribution in [3.05, 3.63) is 75.4 Å². The van der Waals surface area contributed by atoms with E-state index in [1.807, 2.05) is 48.5 Å². The predicted molar refractivity (Wildman–Crippen MR) is 119 cm³/mol. The van der Waals surface area contributed by atoms with E-state index in [0.717, 1.165) is 20.3 Å². The minimum Gasteiger partial charge on any atom is -0.484 e. The van der Waals surface area contributed by atoms with E-state index in [4.69, 9.17) is 21.4 Å². The van der Waals surface area contributed by atoms with Gasteiger partial charge < -0.3 is 19.8 Å². The molecular formula is C20H16Br2N2O3S. The Balaban J connectivity index is 1.43. The number of rotatable bonds is 6. The lowest BCUT2D eigenvalue weighted by atomic mass is 10.2. The van der Waals surface area contributed by atoms with Crippen LogP contribution >= 0.6 is 44.1 Å². The summed E-state index contributed by atoms with van der Waals surface area (Å²) in [6.07, 6.45) is 0. The molecule has 1 heterocycles. The first-order valence-electron chi connectivity index (χ1n) is 8.30. The summed E-state index contributed by atoms with van der Waals surface area (Å²) >= 11 is 11.9. The largest absolute Gasteiger partial charge is 0.484 e. The molecule has 28 heavy (non-hydrogen) atoms. The maximum absolute atomic E-state index is 11.9. The maximum atomic E-state index is 11.9. The van der Waals surface area contributed by atoms with Gasteiger partial charge in [0.15, 0.2) is 11.7 Å². The molecule has 0 fully saturated rings. The molecule has 0 spiro atoms. The van der Waals surface area contributed by atoms with Crippen LogP contribution in [0.15, 0.2) is 74.0 Å². The fourth-order valence-corrected chi connectivity index (χ4v) is 3.01. The summed E-state index contributed by atoms with van der Waals surface area (Å²) in [5, 5.41) is 5.74. The van der Waals surface area contributed by atoms with E-state index in [2.05, 4.69) is 42.5 Å². The van der Waals surface area contributed by atoms with Gasteiger partial charge >= 0.3 is 0 Å². The van der Waals surface area contributed by atoms with Crippen LogP contribution in [0, 0.1) is 0 Å². The number of carbonyl (C=O) groups excluding carboxylic acids is 1. The highest BCUT2D eigenvalue weighted by Gasteiger charge is 2.08. The number of hydrogen-bond donors (Lipinski definition) is 2. The topological polar surface area (TPSA) is 63.5 Å². The molecule has 3 rings (SSSR count). The molecule has 0 aliphatic carbocycles. The third-order valence-electron chi connectivity index (χ3n) is 3.65. The molecule has 144 valence electrons. The molecule has 0 aliphatic rings. The molecular weight excluding hydrogens is 508 g/mol. The molecule has 2 N–H and O–H groups in total. The van der Waals surface area contributed by atoms with Gasteiger partial charge in [0, 0.05) is 14.5 Å². The Bertz CT molecular complexity index is 956. The molecule has 0 aliphatic heterocycles. The molecule has 2 aromatic carbocycles. The lowest BCUT2D eigenvalue weighted by Crippen LogP contribution is -2.41. The predicted octanol–water partition coefficient (Wildman–Crippen LogP) is 5.04. The number of hydrogen-bond acceptors (Lipinski definition) is 4. The van der Waals surface area contributed by atoms with E-state index in [0.29, 0.717) is 18.1 Å². The Morgan fingerprint density at radius 2 is 1.61 bits per heavy atom. The van der Waals surface area contributed by atoms with Crippen LogP contribution < -0.4 is 15.4 Å². The van der Waals surface area contributed by atoms with Gasteiger partial charge in [0.2, 0.25) is 0 Å². The van der Waals surface area contributed by atoms with Gasteiger partial charge in [0.1, 0.15) is 17.3 Å². The van der Waals surface area contributed by atoms with Crippen LogP contribution in [0.5, 0.6) is 5.75 Å². The number of ether oxygens (including phenoxy) is 1. The van der Waals surface area contributed by atoms with Gasteiger partial charge in [-0.25, -0.2) is 0 Å². The average Bonchev–Trinajstić information content (AvgIpc) is 3.15. The highest BCUT2D eigenvalue weighted by Crippen LogP contribution is 2.24. The average molecular weight is 524 g/mol. The standard InChI is InChI=1S/C20H16Br2N2O3S/c21-14-3-1-13(2-4-14)18-10-9-17(27-18)11-23-20(28)24-19(25)12-26-16-7-5-15(22)6-8-16/h1-10H,11-12H2,(H2,23,24,25,28). The first-order chi connectivity index (χ1) is 13.5. The van der Waals surface area contributed by atoms with Gasteiger partial charge in [-0.2, -0.15) is 0 Å². The smallest absolute Gasteiger partial charge is 0.264 e. The Labute approximate surface area is 184 Å². The van der Waals surface area contributed by atoms with E-state index in [9.17, 15) is 4.79 Å².